The van der Waals surface area contributed by atoms with Crippen LogP contribution in [0, 0.1) is 23.7 Å². The SMILES string of the molecule is Nc1cc(Cl)c(Cl)cc1N1C(=O)C2C3C=CC(CC3)C2C1=O. The summed E-state index contributed by atoms with van der Waals surface area (Å²) < 4.78 is 0. The molecule has 1 aromatic rings. The average Bonchev–Trinajstić information content (AvgIpc) is 2.78. The molecule has 2 fully saturated rings. The molecule has 4 nitrogen and oxygen atoms in total. The molecule has 2 bridgehead atoms. The van der Waals surface area contributed by atoms with Gasteiger partial charge in [-0.2, -0.15) is 0 Å². The van der Waals surface area contributed by atoms with Gasteiger partial charge in [-0.25, -0.2) is 4.90 Å². The molecule has 1 aliphatic heterocycles. The van der Waals surface area contributed by atoms with Crippen LogP contribution in [0.5, 0.6) is 0 Å². The Morgan fingerprint density at radius 1 is 0.955 bits per heavy atom. The van der Waals surface area contributed by atoms with Gasteiger partial charge in [0.2, 0.25) is 11.8 Å². The predicted molar refractivity (Wildman–Crippen MR) is 85.7 cm³/mol. The van der Waals surface area contributed by atoms with Gasteiger partial charge in [-0.15, -0.1) is 0 Å². The molecule has 0 aromatic heterocycles. The highest BCUT2D eigenvalue weighted by Crippen LogP contribution is 2.51. The molecule has 2 N–H and O–H groups in total. The molecule has 0 spiro atoms. The van der Waals surface area contributed by atoms with Gasteiger partial charge in [0.05, 0.1) is 33.3 Å². The molecule has 22 heavy (non-hydrogen) atoms. The summed E-state index contributed by atoms with van der Waals surface area (Å²) in [5.41, 5.74) is 6.60. The van der Waals surface area contributed by atoms with Crippen LogP contribution in [0.25, 0.3) is 0 Å². The van der Waals surface area contributed by atoms with E-state index >= 15 is 0 Å². The average molecular weight is 337 g/mol. The van der Waals surface area contributed by atoms with Crippen molar-refractivity contribution in [2.45, 2.75) is 12.8 Å². The second kappa shape index (κ2) is 4.74. The van der Waals surface area contributed by atoms with Gasteiger partial charge >= 0.3 is 0 Å². The lowest BCUT2D eigenvalue weighted by atomic mass is 9.63. The van der Waals surface area contributed by atoms with E-state index in [1.165, 1.54) is 17.0 Å². The molecule has 1 saturated carbocycles. The van der Waals surface area contributed by atoms with Crippen LogP contribution in [-0.2, 0) is 9.59 Å². The standard InChI is InChI=1S/C16H14Cl2N2O2/c17-9-5-11(19)12(6-10(9)18)20-15(21)13-7-1-2-8(4-3-7)14(13)16(20)22/h1-2,5-8,13-14H,3-4,19H2. The van der Waals surface area contributed by atoms with E-state index in [2.05, 4.69) is 12.2 Å². The van der Waals surface area contributed by atoms with Gasteiger partial charge in [-0.05, 0) is 36.8 Å². The van der Waals surface area contributed by atoms with Crippen LogP contribution in [0.4, 0.5) is 11.4 Å². The van der Waals surface area contributed by atoms with Gasteiger partial charge in [0.15, 0.2) is 0 Å². The molecule has 0 radical (unpaired) electrons. The molecular weight excluding hydrogens is 323 g/mol. The molecule has 4 aliphatic rings. The van der Waals surface area contributed by atoms with Crippen molar-refractivity contribution in [3.8, 4) is 0 Å². The van der Waals surface area contributed by atoms with Crippen LogP contribution in [0.2, 0.25) is 10.0 Å². The number of hydrogen-bond donors (Lipinski definition) is 1. The number of nitrogen functional groups attached to an aromatic ring is 1. The Hall–Kier alpha value is -1.52. The number of imide groups is 1. The number of benzene rings is 1. The van der Waals surface area contributed by atoms with Gasteiger partial charge < -0.3 is 5.73 Å². The maximum atomic E-state index is 12.8. The molecule has 1 heterocycles. The van der Waals surface area contributed by atoms with Crippen molar-refractivity contribution in [3.05, 3.63) is 34.3 Å². The van der Waals surface area contributed by atoms with E-state index < -0.39 is 0 Å². The Bertz CT molecular complexity index is 699. The van der Waals surface area contributed by atoms with E-state index in [0.29, 0.717) is 10.7 Å². The summed E-state index contributed by atoms with van der Waals surface area (Å²) in [6, 6.07) is 2.98. The summed E-state index contributed by atoms with van der Waals surface area (Å²) in [6.45, 7) is 0. The van der Waals surface area contributed by atoms with Crippen molar-refractivity contribution < 1.29 is 9.59 Å². The van der Waals surface area contributed by atoms with E-state index in [-0.39, 0.29) is 46.2 Å². The molecule has 1 saturated heterocycles. The lowest BCUT2D eigenvalue weighted by Crippen LogP contribution is -2.38. The first-order chi connectivity index (χ1) is 10.5. The quantitative estimate of drug-likeness (QED) is 0.486. The number of nitrogens with two attached hydrogens (primary N) is 1. The second-order valence-electron chi connectivity index (χ2n) is 6.18. The van der Waals surface area contributed by atoms with E-state index in [4.69, 9.17) is 28.9 Å². The Morgan fingerprint density at radius 3 is 1.95 bits per heavy atom. The highest BCUT2D eigenvalue weighted by atomic mass is 35.5. The number of allylic oxidation sites excluding steroid dienone is 2. The van der Waals surface area contributed by atoms with Crippen molar-refractivity contribution in [3.63, 3.8) is 0 Å². The van der Waals surface area contributed by atoms with Gasteiger partial charge in [0.25, 0.3) is 0 Å². The summed E-state index contributed by atoms with van der Waals surface area (Å²) in [7, 11) is 0. The maximum Gasteiger partial charge on any atom is 0.238 e. The van der Waals surface area contributed by atoms with Gasteiger partial charge in [-0.1, -0.05) is 35.4 Å². The molecule has 4 atom stereocenters. The third-order valence-corrected chi connectivity index (χ3v) is 5.79. The highest BCUT2D eigenvalue weighted by molar-refractivity contribution is 6.42. The zero-order valence-corrected chi connectivity index (χ0v) is 13.1. The number of carbonyl (C=O) groups is 2. The monoisotopic (exact) mass is 336 g/mol. The number of halogens is 2. The minimum atomic E-state index is -0.259. The van der Waals surface area contributed by atoms with Crippen LogP contribution in [0.1, 0.15) is 12.8 Å². The zero-order chi connectivity index (χ0) is 15.6. The van der Waals surface area contributed by atoms with E-state index in [1.54, 1.807) is 0 Å². The smallest absolute Gasteiger partial charge is 0.238 e. The highest BCUT2D eigenvalue weighted by Gasteiger charge is 2.57. The number of hydrogen-bond acceptors (Lipinski definition) is 3. The van der Waals surface area contributed by atoms with E-state index in [0.717, 1.165) is 12.8 Å². The Kier molecular flexibility index (Phi) is 3.03. The zero-order valence-electron chi connectivity index (χ0n) is 11.6. The Morgan fingerprint density at radius 2 is 1.45 bits per heavy atom. The van der Waals surface area contributed by atoms with Gasteiger partial charge in [-0.3, -0.25) is 9.59 Å². The second-order valence-corrected chi connectivity index (χ2v) is 6.99. The Balaban J connectivity index is 1.80. The fourth-order valence-electron chi connectivity index (χ4n) is 4.06. The number of nitrogens with zero attached hydrogens (tertiary/aromatic N) is 1. The summed E-state index contributed by atoms with van der Waals surface area (Å²) in [6.07, 6.45) is 6.10. The van der Waals surface area contributed by atoms with Crippen molar-refractivity contribution >= 4 is 46.4 Å². The van der Waals surface area contributed by atoms with Crippen molar-refractivity contribution in [1.29, 1.82) is 0 Å². The first kappa shape index (κ1) is 14.1. The first-order valence-corrected chi connectivity index (χ1v) is 8.05. The fraction of sp³-hybridized carbons (Fsp3) is 0.375. The van der Waals surface area contributed by atoms with Crippen molar-refractivity contribution in [1.82, 2.24) is 0 Å². The lowest BCUT2D eigenvalue weighted by molar-refractivity contribution is -0.124. The fourth-order valence-corrected chi connectivity index (χ4v) is 4.39. The molecule has 4 unspecified atom stereocenters. The number of rotatable bonds is 1. The van der Waals surface area contributed by atoms with Crippen molar-refractivity contribution in [2.24, 2.45) is 23.7 Å². The van der Waals surface area contributed by atoms with Crippen LogP contribution in [0.15, 0.2) is 24.3 Å². The largest absolute Gasteiger partial charge is 0.397 e. The molecule has 114 valence electrons. The summed E-state index contributed by atoms with van der Waals surface area (Å²) in [4.78, 5) is 26.9. The van der Waals surface area contributed by atoms with E-state index in [1.807, 2.05) is 0 Å². The topological polar surface area (TPSA) is 63.4 Å². The van der Waals surface area contributed by atoms with E-state index in [9.17, 15) is 9.59 Å². The number of carbonyl (C=O) groups excluding carboxylic acids is 2. The maximum absolute atomic E-state index is 12.8. The first-order valence-electron chi connectivity index (χ1n) is 7.29. The molecule has 6 heteroatoms. The number of fused-ring (bicyclic) bond motifs is 1. The normalized spacial score (nSPS) is 32.7. The number of amides is 2. The predicted octanol–water partition coefficient (Wildman–Crippen LogP) is 3.28. The summed E-state index contributed by atoms with van der Waals surface area (Å²) in [5, 5.41) is 0.587. The minimum Gasteiger partial charge on any atom is -0.397 e. The molecule has 2 amide bonds. The van der Waals surface area contributed by atoms with Crippen LogP contribution in [0.3, 0.4) is 0 Å². The molecule has 3 aliphatic carbocycles. The Labute approximate surface area is 137 Å². The molecule has 1 aromatic carbocycles. The van der Waals surface area contributed by atoms with Crippen LogP contribution < -0.4 is 10.6 Å². The minimum absolute atomic E-state index is 0.153. The van der Waals surface area contributed by atoms with Gasteiger partial charge in [0, 0.05) is 0 Å². The van der Waals surface area contributed by atoms with Crippen LogP contribution in [-0.4, -0.2) is 11.8 Å². The molecule has 5 rings (SSSR count). The van der Waals surface area contributed by atoms with Gasteiger partial charge in [0.1, 0.15) is 0 Å². The van der Waals surface area contributed by atoms with Crippen LogP contribution >= 0.6 is 23.2 Å². The summed E-state index contributed by atoms with van der Waals surface area (Å²) in [5.74, 6) is -0.547. The third-order valence-electron chi connectivity index (χ3n) is 5.07. The third kappa shape index (κ3) is 1.77. The number of anilines is 2. The summed E-state index contributed by atoms with van der Waals surface area (Å²) >= 11 is 12.0. The van der Waals surface area contributed by atoms with Crippen molar-refractivity contribution in [2.75, 3.05) is 10.6 Å². The molecular formula is C16H14Cl2N2O2. The lowest BCUT2D eigenvalue weighted by Gasteiger charge is -2.38.